The Balaban J connectivity index is 2.85. The second-order valence-corrected chi connectivity index (χ2v) is 3.74. The molecule has 0 radical (unpaired) electrons. The Kier molecular flexibility index (Phi) is 3.61. The predicted molar refractivity (Wildman–Crippen MR) is 58.7 cm³/mol. The van der Waals surface area contributed by atoms with Gasteiger partial charge in [0.25, 0.3) is 0 Å². The molecule has 0 bridgehead atoms. The minimum Gasteiger partial charge on any atom is -0.373 e. The molecule has 1 rings (SSSR count). The highest BCUT2D eigenvalue weighted by atomic mass is 35.5. The average molecular weight is 233 g/mol. The number of carbonyl (C=O) groups excluding carboxylic acids is 1. The van der Waals surface area contributed by atoms with Crippen molar-refractivity contribution >= 4 is 34.8 Å². The largest absolute Gasteiger partial charge is 0.373 e. The maximum Gasteiger partial charge on any atom is 0.239 e. The third-order valence-electron chi connectivity index (χ3n) is 1.73. The van der Waals surface area contributed by atoms with Crippen LogP contribution in [0.5, 0.6) is 0 Å². The number of amides is 1. The molecule has 14 heavy (non-hydrogen) atoms. The number of hydrogen-bond donors (Lipinski definition) is 2. The number of benzene rings is 1. The molecule has 3 nitrogen and oxygen atoms in total. The van der Waals surface area contributed by atoms with Gasteiger partial charge in [0.15, 0.2) is 0 Å². The van der Waals surface area contributed by atoms with Gasteiger partial charge in [-0.25, -0.2) is 0 Å². The smallest absolute Gasteiger partial charge is 0.239 e. The number of anilines is 1. The molecule has 0 fully saturated rings. The molecule has 1 unspecified atom stereocenters. The molecular formula is C9H10Cl2N2O. The average Bonchev–Trinajstić information content (AvgIpc) is 2.11. The summed E-state index contributed by atoms with van der Waals surface area (Å²) in [6.07, 6.45) is 0. The van der Waals surface area contributed by atoms with E-state index in [0.717, 1.165) is 0 Å². The highest BCUT2D eigenvalue weighted by molar-refractivity contribution is 6.35. The number of carbonyl (C=O) groups is 1. The van der Waals surface area contributed by atoms with Crippen molar-refractivity contribution < 1.29 is 4.79 Å². The van der Waals surface area contributed by atoms with Crippen LogP contribution in [0, 0.1) is 0 Å². The molecule has 1 amide bonds. The van der Waals surface area contributed by atoms with Crippen LogP contribution < -0.4 is 11.1 Å². The molecule has 1 atom stereocenters. The molecule has 5 heteroatoms. The van der Waals surface area contributed by atoms with Crippen molar-refractivity contribution in [2.75, 3.05) is 5.32 Å². The monoisotopic (exact) mass is 232 g/mol. The summed E-state index contributed by atoms with van der Waals surface area (Å²) in [6.45, 7) is 1.65. The van der Waals surface area contributed by atoms with Gasteiger partial charge in [0.05, 0.1) is 10.7 Å². The third-order valence-corrected chi connectivity index (χ3v) is 2.29. The van der Waals surface area contributed by atoms with Gasteiger partial charge in [0, 0.05) is 5.02 Å². The Labute approximate surface area is 92.2 Å². The van der Waals surface area contributed by atoms with Crippen molar-refractivity contribution in [1.29, 1.82) is 0 Å². The minimum atomic E-state index is -0.481. The van der Waals surface area contributed by atoms with Crippen LogP contribution >= 0.6 is 23.2 Å². The van der Waals surface area contributed by atoms with Gasteiger partial charge in [-0.05, 0) is 25.1 Å². The third kappa shape index (κ3) is 2.79. The zero-order chi connectivity index (χ0) is 10.7. The van der Waals surface area contributed by atoms with E-state index in [9.17, 15) is 4.79 Å². The Morgan fingerprint density at radius 2 is 2.14 bits per heavy atom. The number of rotatable bonds is 3. The van der Waals surface area contributed by atoms with Crippen LogP contribution in [0.25, 0.3) is 0 Å². The van der Waals surface area contributed by atoms with Crippen LogP contribution in [0.15, 0.2) is 18.2 Å². The molecule has 0 aliphatic carbocycles. The Morgan fingerprint density at radius 3 is 2.71 bits per heavy atom. The lowest BCUT2D eigenvalue weighted by molar-refractivity contribution is -0.118. The van der Waals surface area contributed by atoms with Crippen molar-refractivity contribution in [3.63, 3.8) is 0 Å². The highest BCUT2D eigenvalue weighted by Crippen LogP contribution is 2.25. The molecular weight excluding hydrogens is 223 g/mol. The van der Waals surface area contributed by atoms with Gasteiger partial charge in [-0.2, -0.15) is 0 Å². The normalized spacial score (nSPS) is 12.2. The first-order valence-corrected chi connectivity index (χ1v) is 4.77. The fourth-order valence-electron chi connectivity index (χ4n) is 0.912. The summed E-state index contributed by atoms with van der Waals surface area (Å²) in [5.41, 5.74) is 5.70. The summed E-state index contributed by atoms with van der Waals surface area (Å²) < 4.78 is 0. The number of halogens is 2. The topological polar surface area (TPSA) is 55.1 Å². The summed E-state index contributed by atoms with van der Waals surface area (Å²) in [6, 6.07) is 4.48. The van der Waals surface area contributed by atoms with Crippen molar-refractivity contribution in [3.05, 3.63) is 28.2 Å². The first-order chi connectivity index (χ1) is 6.50. The van der Waals surface area contributed by atoms with Gasteiger partial charge in [0.1, 0.15) is 6.04 Å². The molecule has 0 aliphatic heterocycles. The van der Waals surface area contributed by atoms with Crippen LogP contribution in [0.3, 0.4) is 0 Å². The molecule has 0 saturated heterocycles. The summed E-state index contributed by atoms with van der Waals surface area (Å²) in [4.78, 5) is 10.8. The van der Waals surface area contributed by atoms with Gasteiger partial charge in [-0.1, -0.05) is 23.2 Å². The van der Waals surface area contributed by atoms with Gasteiger partial charge in [-0.15, -0.1) is 0 Å². The van der Waals surface area contributed by atoms with Crippen molar-refractivity contribution in [1.82, 2.24) is 0 Å². The van der Waals surface area contributed by atoms with Crippen molar-refractivity contribution in [3.8, 4) is 0 Å². The number of hydrogen-bond acceptors (Lipinski definition) is 2. The second-order valence-electron chi connectivity index (χ2n) is 2.89. The summed E-state index contributed by atoms with van der Waals surface area (Å²) in [5, 5.41) is 3.91. The van der Waals surface area contributed by atoms with E-state index < -0.39 is 11.9 Å². The first-order valence-electron chi connectivity index (χ1n) is 4.01. The van der Waals surface area contributed by atoms with E-state index >= 15 is 0 Å². The summed E-state index contributed by atoms with van der Waals surface area (Å²) in [5.74, 6) is -0.443. The maximum atomic E-state index is 10.8. The van der Waals surface area contributed by atoms with E-state index in [-0.39, 0.29) is 0 Å². The molecule has 76 valence electrons. The first kappa shape index (κ1) is 11.1. The molecule has 0 spiro atoms. The number of nitrogens with one attached hydrogen (secondary N) is 1. The number of nitrogens with two attached hydrogens (primary N) is 1. The molecule has 1 aromatic rings. The molecule has 0 aliphatic rings. The van der Waals surface area contributed by atoms with Crippen LogP contribution in [0.4, 0.5) is 5.69 Å². The summed E-state index contributed by atoms with van der Waals surface area (Å²) in [7, 11) is 0. The fourth-order valence-corrected chi connectivity index (χ4v) is 1.26. The lowest BCUT2D eigenvalue weighted by Crippen LogP contribution is -2.32. The molecule has 0 saturated carbocycles. The Bertz CT molecular complexity index is 355. The van der Waals surface area contributed by atoms with E-state index in [0.29, 0.717) is 15.7 Å². The van der Waals surface area contributed by atoms with Gasteiger partial charge in [0.2, 0.25) is 5.91 Å². The number of primary amides is 1. The standard InChI is InChI=1S/C9H10Cl2N2O/c1-5(9(12)14)13-8-4-6(10)2-3-7(8)11/h2-5,13H,1H3,(H2,12,14). The van der Waals surface area contributed by atoms with E-state index in [1.54, 1.807) is 25.1 Å². The Morgan fingerprint density at radius 1 is 1.50 bits per heavy atom. The highest BCUT2D eigenvalue weighted by Gasteiger charge is 2.10. The van der Waals surface area contributed by atoms with E-state index in [2.05, 4.69) is 5.32 Å². The van der Waals surface area contributed by atoms with Crippen LogP contribution in [0.1, 0.15) is 6.92 Å². The zero-order valence-electron chi connectivity index (χ0n) is 7.55. The van der Waals surface area contributed by atoms with Crippen molar-refractivity contribution in [2.45, 2.75) is 13.0 Å². The fraction of sp³-hybridized carbons (Fsp3) is 0.222. The predicted octanol–water partition coefficient (Wildman–Crippen LogP) is 2.28. The lowest BCUT2D eigenvalue weighted by Gasteiger charge is -2.12. The lowest BCUT2D eigenvalue weighted by atomic mass is 10.2. The summed E-state index contributed by atoms with van der Waals surface area (Å²) >= 11 is 11.6. The van der Waals surface area contributed by atoms with Crippen LogP contribution in [-0.4, -0.2) is 11.9 Å². The van der Waals surface area contributed by atoms with Crippen molar-refractivity contribution in [2.24, 2.45) is 5.73 Å². The van der Waals surface area contributed by atoms with E-state index in [1.807, 2.05) is 0 Å². The van der Waals surface area contributed by atoms with Crippen LogP contribution in [-0.2, 0) is 4.79 Å². The second kappa shape index (κ2) is 4.53. The SMILES string of the molecule is CC(Nc1cc(Cl)ccc1Cl)C(N)=O. The molecule has 0 aromatic heterocycles. The minimum absolute atomic E-state index is 0.443. The van der Waals surface area contributed by atoms with E-state index in [4.69, 9.17) is 28.9 Å². The van der Waals surface area contributed by atoms with Gasteiger partial charge in [-0.3, -0.25) is 4.79 Å². The zero-order valence-corrected chi connectivity index (χ0v) is 9.06. The molecule has 1 aromatic carbocycles. The maximum absolute atomic E-state index is 10.8. The van der Waals surface area contributed by atoms with Crippen LogP contribution in [0.2, 0.25) is 10.0 Å². The van der Waals surface area contributed by atoms with Gasteiger partial charge >= 0.3 is 0 Å². The van der Waals surface area contributed by atoms with E-state index in [1.165, 1.54) is 0 Å². The Hall–Kier alpha value is -0.930. The van der Waals surface area contributed by atoms with Gasteiger partial charge < -0.3 is 11.1 Å². The quantitative estimate of drug-likeness (QED) is 0.841. The molecule has 3 N–H and O–H groups in total. The molecule has 0 heterocycles.